The van der Waals surface area contributed by atoms with Gasteiger partial charge in [-0.15, -0.1) is 0 Å². The summed E-state index contributed by atoms with van der Waals surface area (Å²) in [5.74, 6) is 0.987. The summed E-state index contributed by atoms with van der Waals surface area (Å²) in [6, 6.07) is 8.54. The zero-order chi connectivity index (χ0) is 14.5. The van der Waals surface area contributed by atoms with Crippen molar-refractivity contribution in [1.29, 1.82) is 0 Å². The van der Waals surface area contributed by atoms with Gasteiger partial charge in [0.1, 0.15) is 5.75 Å². The van der Waals surface area contributed by atoms with Crippen molar-refractivity contribution in [1.82, 2.24) is 10.2 Å². The molecule has 2 heterocycles. The molecule has 2 aliphatic rings. The Kier molecular flexibility index (Phi) is 4.78. The summed E-state index contributed by atoms with van der Waals surface area (Å²) in [5, 5.41) is 3.39. The molecule has 2 aliphatic heterocycles. The fourth-order valence-electron chi connectivity index (χ4n) is 2.80. The first-order valence-corrected chi connectivity index (χ1v) is 7.96. The summed E-state index contributed by atoms with van der Waals surface area (Å²) in [6.45, 7) is 10.3. The molecule has 4 nitrogen and oxygen atoms in total. The van der Waals surface area contributed by atoms with Crippen LogP contribution >= 0.6 is 0 Å². The van der Waals surface area contributed by atoms with Gasteiger partial charge in [0, 0.05) is 38.1 Å². The molecule has 116 valence electrons. The molecule has 4 heteroatoms. The highest BCUT2D eigenvalue weighted by atomic mass is 16.5. The first kappa shape index (κ1) is 14.8. The monoisotopic (exact) mass is 290 g/mol. The second-order valence-corrected chi connectivity index (χ2v) is 6.58. The molecular formula is C17H26N2O2. The fourth-order valence-corrected chi connectivity index (χ4v) is 2.80. The Morgan fingerprint density at radius 1 is 1.29 bits per heavy atom. The summed E-state index contributed by atoms with van der Waals surface area (Å²) in [7, 11) is 0. The van der Waals surface area contributed by atoms with Gasteiger partial charge in [0.15, 0.2) is 0 Å². The van der Waals surface area contributed by atoms with Gasteiger partial charge in [-0.25, -0.2) is 0 Å². The third-order valence-corrected chi connectivity index (χ3v) is 4.31. The van der Waals surface area contributed by atoms with Crippen molar-refractivity contribution in [2.75, 3.05) is 52.5 Å². The van der Waals surface area contributed by atoms with Crippen LogP contribution in [0.2, 0.25) is 0 Å². The highest BCUT2D eigenvalue weighted by molar-refractivity contribution is 5.28. The summed E-state index contributed by atoms with van der Waals surface area (Å²) in [4.78, 5) is 2.52. The van der Waals surface area contributed by atoms with Gasteiger partial charge in [0.2, 0.25) is 0 Å². The van der Waals surface area contributed by atoms with Crippen LogP contribution in [0.1, 0.15) is 12.5 Å². The zero-order valence-electron chi connectivity index (χ0n) is 12.9. The first-order valence-electron chi connectivity index (χ1n) is 7.96. The maximum atomic E-state index is 5.94. The Morgan fingerprint density at radius 2 is 2.10 bits per heavy atom. The summed E-state index contributed by atoms with van der Waals surface area (Å²) in [5.41, 5.74) is 1.57. The van der Waals surface area contributed by atoms with E-state index in [-0.39, 0.29) is 5.41 Å². The number of piperazine rings is 1. The third kappa shape index (κ3) is 4.19. The van der Waals surface area contributed by atoms with E-state index in [1.165, 1.54) is 5.56 Å². The number of benzene rings is 1. The lowest BCUT2D eigenvalue weighted by Crippen LogP contribution is -2.44. The normalized spacial score (nSPS) is 21.8. The molecule has 0 aliphatic carbocycles. The molecule has 0 amide bonds. The van der Waals surface area contributed by atoms with Gasteiger partial charge in [0.25, 0.3) is 0 Å². The predicted octanol–water partition coefficient (Wildman–Crippen LogP) is 1.55. The lowest BCUT2D eigenvalue weighted by molar-refractivity contribution is -0.120. The summed E-state index contributed by atoms with van der Waals surface area (Å²) < 4.78 is 11.2. The lowest BCUT2D eigenvalue weighted by Gasteiger charge is -2.37. The van der Waals surface area contributed by atoms with E-state index in [0.717, 1.165) is 64.7 Å². The molecule has 1 aromatic carbocycles. The zero-order valence-corrected chi connectivity index (χ0v) is 12.9. The van der Waals surface area contributed by atoms with Gasteiger partial charge in [-0.3, -0.25) is 0 Å². The predicted molar refractivity (Wildman–Crippen MR) is 83.9 cm³/mol. The van der Waals surface area contributed by atoms with Crippen LogP contribution in [-0.4, -0.2) is 57.4 Å². The van der Waals surface area contributed by atoms with Gasteiger partial charge < -0.3 is 19.7 Å². The number of ether oxygens (including phenoxy) is 2. The number of hydrogen-bond acceptors (Lipinski definition) is 4. The minimum Gasteiger partial charge on any atom is -0.493 e. The van der Waals surface area contributed by atoms with E-state index in [1.54, 1.807) is 0 Å². The second kappa shape index (κ2) is 6.77. The van der Waals surface area contributed by atoms with Crippen LogP contribution in [0.25, 0.3) is 0 Å². The Hall–Kier alpha value is -1.10. The van der Waals surface area contributed by atoms with E-state index in [4.69, 9.17) is 9.47 Å². The van der Waals surface area contributed by atoms with Gasteiger partial charge in [-0.1, -0.05) is 19.1 Å². The second-order valence-electron chi connectivity index (χ2n) is 6.58. The molecule has 0 aromatic heterocycles. The van der Waals surface area contributed by atoms with Crippen molar-refractivity contribution in [2.24, 2.45) is 5.41 Å². The molecule has 1 N–H and O–H groups in total. The average Bonchev–Trinajstić information content (AvgIpc) is 2.51. The van der Waals surface area contributed by atoms with Crippen LogP contribution in [0.3, 0.4) is 0 Å². The molecule has 0 atom stereocenters. The molecule has 1 aromatic rings. The van der Waals surface area contributed by atoms with Crippen molar-refractivity contribution < 1.29 is 9.47 Å². The van der Waals surface area contributed by atoms with Crippen LogP contribution in [0.5, 0.6) is 5.75 Å². The Labute approximate surface area is 127 Å². The van der Waals surface area contributed by atoms with E-state index in [2.05, 4.69) is 41.4 Å². The van der Waals surface area contributed by atoms with Crippen molar-refractivity contribution in [3.05, 3.63) is 29.8 Å². The molecule has 0 radical (unpaired) electrons. The van der Waals surface area contributed by atoms with Crippen LogP contribution < -0.4 is 10.1 Å². The molecule has 2 fully saturated rings. The van der Waals surface area contributed by atoms with E-state index in [0.29, 0.717) is 0 Å². The number of rotatable bonds is 6. The van der Waals surface area contributed by atoms with Crippen LogP contribution in [0.15, 0.2) is 24.3 Å². The number of nitrogens with one attached hydrogen (secondary N) is 1. The topological polar surface area (TPSA) is 33.7 Å². The average molecular weight is 290 g/mol. The van der Waals surface area contributed by atoms with Gasteiger partial charge in [-0.05, 0) is 24.1 Å². The third-order valence-electron chi connectivity index (χ3n) is 4.31. The van der Waals surface area contributed by atoms with Crippen molar-refractivity contribution in [2.45, 2.75) is 13.3 Å². The fraction of sp³-hybridized carbons (Fsp3) is 0.647. The Balaban J connectivity index is 1.48. The standard InChI is InChI=1S/C17H26N2O2/c1-17(12-20-13-17)14-21-16-4-2-3-15(11-16)5-8-19-9-6-18-7-10-19/h2-4,11,18H,5-10,12-14H2,1H3. The molecule has 0 spiro atoms. The lowest BCUT2D eigenvalue weighted by atomic mass is 9.90. The van der Waals surface area contributed by atoms with E-state index >= 15 is 0 Å². The molecule has 0 saturated carbocycles. The number of nitrogens with zero attached hydrogens (tertiary/aromatic N) is 1. The quantitative estimate of drug-likeness (QED) is 0.862. The molecular weight excluding hydrogens is 264 g/mol. The van der Waals surface area contributed by atoms with Crippen LogP contribution in [0, 0.1) is 5.41 Å². The van der Waals surface area contributed by atoms with E-state index in [9.17, 15) is 0 Å². The van der Waals surface area contributed by atoms with Crippen molar-refractivity contribution >= 4 is 0 Å². The van der Waals surface area contributed by atoms with Gasteiger partial charge in [-0.2, -0.15) is 0 Å². The molecule has 21 heavy (non-hydrogen) atoms. The summed E-state index contributed by atoms with van der Waals surface area (Å²) >= 11 is 0. The molecule has 3 rings (SSSR count). The first-order chi connectivity index (χ1) is 10.2. The minimum atomic E-state index is 0.205. The largest absolute Gasteiger partial charge is 0.493 e. The summed E-state index contributed by atoms with van der Waals surface area (Å²) in [6.07, 6.45) is 1.09. The Morgan fingerprint density at radius 3 is 2.81 bits per heavy atom. The van der Waals surface area contributed by atoms with Crippen LogP contribution in [0.4, 0.5) is 0 Å². The van der Waals surface area contributed by atoms with Crippen molar-refractivity contribution in [3.8, 4) is 5.75 Å². The highest BCUT2D eigenvalue weighted by Gasteiger charge is 2.34. The number of hydrogen-bond donors (Lipinski definition) is 1. The maximum Gasteiger partial charge on any atom is 0.119 e. The minimum absolute atomic E-state index is 0.205. The van der Waals surface area contributed by atoms with E-state index < -0.39 is 0 Å². The highest BCUT2D eigenvalue weighted by Crippen LogP contribution is 2.27. The van der Waals surface area contributed by atoms with Gasteiger partial charge in [0.05, 0.1) is 19.8 Å². The maximum absolute atomic E-state index is 5.94. The Bertz CT molecular complexity index is 454. The SMILES string of the molecule is CC1(COc2cccc(CCN3CCNCC3)c2)COC1. The van der Waals surface area contributed by atoms with Crippen LogP contribution in [-0.2, 0) is 11.2 Å². The van der Waals surface area contributed by atoms with Gasteiger partial charge >= 0.3 is 0 Å². The molecule has 0 unspecified atom stereocenters. The smallest absolute Gasteiger partial charge is 0.119 e. The molecule has 0 bridgehead atoms. The van der Waals surface area contributed by atoms with E-state index in [1.807, 2.05) is 0 Å². The molecule has 2 saturated heterocycles. The van der Waals surface area contributed by atoms with Crippen molar-refractivity contribution in [3.63, 3.8) is 0 Å².